The van der Waals surface area contributed by atoms with E-state index in [1.54, 1.807) is 42.5 Å². The number of rotatable bonds is 4. The zero-order chi connectivity index (χ0) is 18.9. The topological polar surface area (TPSA) is 62.1 Å². The van der Waals surface area contributed by atoms with Gasteiger partial charge in [-0.05, 0) is 17.7 Å². The number of aliphatic imine (C=N–C) groups is 1. The normalized spacial score (nSPS) is 20.3. The minimum absolute atomic E-state index is 0.172. The first-order valence-corrected chi connectivity index (χ1v) is 7.65. The van der Waals surface area contributed by atoms with Gasteiger partial charge in [0.05, 0.1) is 13.7 Å². The molecule has 5 nitrogen and oxygen atoms in total. The van der Waals surface area contributed by atoms with Crippen molar-refractivity contribution in [3.63, 3.8) is 0 Å². The summed E-state index contributed by atoms with van der Waals surface area (Å²) in [6, 6.07) is 14.5. The first kappa shape index (κ1) is 17.9. The second-order valence-electron chi connectivity index (χ2n) is 5.71. The summed E-state index contributed by atoms with van der Waals surface area (Å²) in [6.45, 7) is -0.172. The van der Waals surface area contributed by atoms with Gasteiger partial charge in [-0.25, -0.2) is 4.99 Å². The molecule has 0 unspecified atom stereocenters. The number of methoxy groups -OCH3 is 1. The molecule has 3 rings (SSSR count). The highest BCUT2D eigenvalue weighted by Gasteiger charge is 2.65. The molecule has 1 aliphatic heterocycles. The highest BCUT2D eigenvalue weighted by atomic mass is 19.4. The van der Waals surface area contributed by atoms with Crippen molar-refractivity contribution in [2.75, 3.05) is 7.11 Å². The van der Waals surface area contributed by atoms with Crippen LogP contribution < -0.4 is 4.74 Å². The van der Waals surface area contributed by atoms with Crippen molar-refractivity contribution in [1.29, 1.82) is 0 Å². The van der Waals surface area contributed by atoms with Gasteiger partial charge >= 0.3 is 11.9 Å². The summed E-state index contributed by atoms with van der Waals surface area (Å²) in [5.41, 5.74) is -2.92. The summed E-state index contributed by atoms with van der Waals surface area (Å²) in [5, 5.41) is 9.93. The van der Waals surface area contributed by atoms with Crippen LogP contribution in [0.25, 0.3) is 0 Å². The molecule has 2 aromatic rings. The van der Waals surface area contributed by atoms with Gasteiger partial charge in [0.1, 0.15) is 11.6 Å². The first-order valence-electron chi connectivity index (χ1n) is 7.65. The largest absolute Gasteiger partial charge is 0.497 e. The van der Waals surface area contributed by atoms with E-state index in [4.69, 9.17) is 4.74 Å². The maximum absolute atomic E-state index is 13.3. The lowest BCUT2D eigenvalue weighted by Gasteiger charge is -2.23. The molecule has 1 amide bonds. The van der Waals surface area contributed by atoms with E-state index in [0.717, 1.165) is 4.90 Å². The summed E-state index contributed by atoms with van der Waals surface area (Å²) in [5.74, 6) is -1.18. The molecule has 0 saturated heterocycles. The summed E-state index contributed by atoms with van der Waals surface area (Å²) in [4.78, 5) is 16.6. The molecule has 0 aromatic heterocycles. The third-order valence-corrected chi connectivity index (χ3v) is 3.99. The van der Waals surface area contributed by atoms with Crippen LogP contribution in [0, 0.1) is 0 Å². The smallest absolute Gasteiger partial charge is 0.448 e. The second-order valence-corrected chi connectivity index (χ2v) is 5.71. The number of alkyl halides is 3. The van der Waals surface area contributed by atoms with Crippen LogP contribution in [0.5, 0.6) is 5.75 Å². The lowest BCUT2D eigenvalue weighted by molar-refractivity contribution is -0.248. The standard InChI is InChI=1S/C18H15F3N2O3/c1-26-14-9-7-12(8-10-14)11-23-15(13-5-3-2-4-6-13)22-17(25,16(23)24)18(19,20)21/h2-10,25H,11H2,1H3/t17-/m0/s1. The summed E-state index contributed by atoms with van der Waals surface area (Å²) in [7, 11) is 1.49. The Hall–Kier alpha value is -2.87. The lowest BCUT2D eigenvalue weighted by Crippen LogP contribution is -2.52. The van der Waals surface area contributed by atoms with Gasteiger partial charge in [0.15, 0.2) is 0 Å². The van der Waals surface area contributed by atoms with Crippen LogP contribution in [-0.2, 0) is 11.3 Å². The van der Waals surface area contributed by atoms with Crippen molar-refractivity contribution in [3.05, 3.63) is 65.7 Å². The van der Waals surface area contributed by atoms with Crippen LogP contribution >= 0.6 is 0 Å². The summed E-state index contributed by atoms with van der Waals surface area (Å²) < 4.78 is 44.9. The van der Waals surface area contributed by atoms with Gasteiger partial charge in [-0.15, -0.1) is 0 Å². The van der Waals surface area contributed by atoms with Crippen molar-refractivity contribution in [3.8, 4) is 5.75 Å². The van der Waals surface area contributed by atoms with E-state index < -0.39 is 17.8 Å². The fraction of sp³-hybridized carbons (Fsp3) is 0.222. The third kappa shape index (κ3) is 3.03. The van der Waals surface area contributed by atoms with Gasteiger partial charge in [0, 0.05) is 5.56 Å². The average Bonchev–Trinajstić information content (AvgIpc) is 2.89. The predicted molar refractivity (Wildman–Crippen MR) is 87.5 cm³/mol. The number of benzene rings is 2. The van der Waals surface area contributed by atoms with E-state index in [-0.39, 0.29) is 12.4 Å². The van der Waals surface area contributed by atoms with Crippen LogP contribution in [0.15, 0.2) is 59.6 Å². The van der Waals surface area contributed by atoms with Gasteiger partial charge < -0.3 is 9.84 Å². The first-order chi connectivity index (χ1) is 12.3. The summed E-state index contributed by atoms with van der Waals surface area (Å²) in [6.07, 6.45) is -5.22. The highest BCUT2D eigenvalue weighted by molar-refractivity contribution is 6.14. The van der Waals surface area contributed by atoms with Crippen molar-refractivity contribution >= 4 is 11.7 Å². The Balaban J connectivity index is 2.01. The monoisotopic (exact) mass is 364 g/mol. The van der Waals surface area contributed by atoms with E-state index in [9.17, 15) is 23.1 Å². The van der Waals surface area contributed by atoms with Crippen LogP contribution in [0.2, 0.25) is 0 Å². The molecular weight excluding hydrogens is 349 g/mol. The Morgan fingerprint density at radius 2 is 1.73 bits per heavy atom. The van der Waals surface area contributed by atoms with Crippen LogP contribution in [0.4, 0.5) is 13.2 Å². The molecule has 1 aliphatic rings. The molecule has 8 heteroatoms. The van der Waals surface area contributed by atoms with Crippen molar-refractivity contribution in [2.45, 2.75) is 18.4 Å². The third-order valence-electron chi connectivity index (χ3n) is 3.99. The number of amidine groups is 1. The Labute approximate surface area is 147 Å². The number of hydrogen-bond acceptors (Lipinski definition) is 4. The van der Waals surface area contributed by atoms with Gasteiger partial charge in [0.25, 0.3) is 5.91 Å². The number of halogens is 3. The molecule has 1 heterocycles. The highest BCUT2D eigenvalue weighted by Crippen LogP contribution is 2.38. The Kier molecular flexibility index (Phi) is 4.45. The maximum Gasteiger partial charge on any atom is 0.448 e. The molecule has 1 N–H and O–H groups in total. The van der Waals surface area contributed by atoms with Crippen LogP contribution in [-0.4, -0.2) is 40.8 Å². The van der Waals surface area contributed by atoms with Crippen molar-refractivity contribution in [2.24, 2.45) is 4.99 Å². The van der Waals surface area contributed by atoms with Gasteiger partial charge in [-0.1, -0.05) is 42.5 Å². The fourth-order valence-electron chi connectivity index (χ4n) is 2.60. The predicted octanol–water partition coefficient (Wildman–Crippen LogP) is 2.74. The number of nitrogens with zero attached hydrogens (tertiary/aromatic N) is 2. The lowest BCUT2D eigenvalue weighted by atomic mass is 10.1. The number of amides is 1. The Morgan fingerprint density at radius 1 is 1.12 bits per heavy atom. The van der Waals surface area contributed by atoms with E-state index >= 15 is 0 Å². The SMILES string of the molecule is COc1ccc(CN2C(=O)[C@](O)(C(F)(F)F)N=C2c2ccccc2)cc1. The molecule has 0 aliphatic carbocycles. The number of hydrogen-bond donors (Lipinski definition) is 1. The van der Waals surface area contributed by atoms with Crippen LogP contribution in [0.1, 0.15) is 11.1 Å². The number of carbonyl (C=O) groups is 1. The van der Waals surface area contributed by atoms with Gasteiger partial charge in [-0.3, -0.25) is 9.69 Å². The minimum atomic E-state index is -5.22. The molecule has 0 radical (unpaired) electrons. The molecular formula is C18H15F3N2O3. The van der Waals surface area contributed by atoms with Crippen molar-refractivity contribution < 1.29 is 27.8 Å². The number of carbonyl (C=O) groups excluding carboxylic acids is 1. The molecule has 0 fully saturated rings. The quantitative estimate of drug-likeness (QED) is 0.908. The molecule has 2 aromatic carbocycles. The van der Waals surface area contributed by atoms with Crippen molar-refractivity contribution in [1.82, 2.24) is 4.90 Å². The zero-order valence-electron chi connectivity index (χ0n) is 13.7. The van der Waals surface area contributed by atoms with Gasteiger partial charge in [-0.2, -0.15) is 13.2 Å². The Bertz CT molecular complexity index is 835. The molecule has 0 bridgehead atoms. The molecule has 0 saturated carbocycles. The Morgan fingerprint density at radius 3 is 2.27 bits per heavy atom. The van der Waals surface area contributed by atoms with E-state index in [1.807, 2.05) is 0 Å². The van der Waals surface area contributed by atoms with E-state index in [1.165, 1.54) is 19.2 Å². The summed E-state index contributed by atoms with van der Waals surface area (Å²) >= 11 is 0. The maximum atomic E-state index is 13.3. The van der Waals surface area contributed by atoms with Gasteiger partial charge in [0.2, 0.25) is 0 Å². The minimum Gasteiger partial charge on any atom is -0.497 e. The fourth-order valence-corrected chi connectivity index (χ4v) is 2.60. The molecule has 1 atom stereocenters. The second kappa shape index (κ2) is 6.45. The zero-order valence-corrected chi connectivity index (χ0v) is 13.7. The molecule has 136 valence electrons. The van der Waals surface area contributed by atoms with E-state index in [2.05, 4.69) is 4.99 Å². The molecule has 26 heavy (non-hydrogen) atoms. The molecule has 0 spiro atoms. The number of ether oxygens (including phenoxy) is 1. The average molecular weight is 364 g/mol. The number of aliphatic hydroxyl groups is 1. The van der Waals surface area contributed by atoms with E-state index in [0.29, 0.717) is 16.9 Å². The van der Waals surface area contributed by atoms with Crippen LogP contribution in [0.3, 0.4) is 0 Å².